The zero-order valence-corrected chi connectivity index (χ0v) is 33.1. The molecule has 4 heterocycles. The van der Waals surface area contributed by atoms with Crippen LogP contribution in [0.5, 0.6) is 0 Å². The third kappa shape index (κ3) is 15.5. The van der Waals surface area contributed by atoms with Gasteiger partial charge in [-0.25, -0.2) is 0 Å². The molecule has 3 aliphatic heterocycles. The summed E-state index contributed by atoms with van der Waals surface area (Å²) >= 11 is 1.35. The van der Waals surface area contributed by atoms with Gasteiger partial charge in [0.25, 0.3) is 5.91 Å². The lowest BCUT2D eigenvalue weighted by Gasteiger charge is -2.20. The number of nitrogens with zero attached hydrogens (tertiary/aromatic N) is 3. The van der Waals surface area contributed by atoms with Gasteiger partial charge in [0.15, 0.2) is 0 Å². The fourth-order valence-corrected chi connectivity index (χ4v) is 7.59. The first kappa shape index (κ1) is 43.3. The second kappa shape index (κ2) is 22.2. The van der Waals surface area contributed by atoms with Crippen LogP contribution in [-0.4, -0.2) is 108 Å². The number of rotatable bonds is 9. The van der Waals surface area contributed by atoms with Crippen molar-refractivity contribution >= 4 is 47.2 Å². The molecule has 3 aromatic rings. The average Bonchev–Trinajstić information content (AvgIpc) is 3.43. The van der Waals surface area contributed by atoms with E-state index in [0.29, 0.717) is 27.9 Å². The van der Waals surface area contributed by atoms with Crippen LogP contribution in [-0.2, 0) is 25.1 Å². The number of likely N-dealkylation sites (tertiary alicyclic amines) is 2. The molecule has 4 aliphatic rings. The highest BCUT2D eigenvalue weighted by molar-refractivity contribution is 7.50. The van der Waals surface area contributed by atoms with Crippen molar-refractivity contribution in [2.45, 2.75) is 88.9 Å². The van der Waals surface area contributed by atoms with E-state index in [4.69, 9.17) is 14.5 Å². The average molecular weight is 759 g/mol. The summed E-state index contributed by atoms with van der Waals surface area (Å²) in [6.45, 7) is 7.19. The second-order valence-corrected chi connectivity index (χ2v) is 16.7. The highest BCUT2D eigenvalue weighted by atomic mass is 32.1. The summed E-state index contributed by atoms with van der Waals surface area (Å²) in [4.78, 5) is 58.2. The lowest BCUT2D eigenvalue weighted by atomic mass is 10.1. The van der Waals surface area contributed by atoms with Gasteiger partial charge in [-0.2, -0.15) is 0 Å². The van der Waals surface area contributed by atoms with E-state index in [2.05, 4.69) is 31.2 Å². The SMILES string of the molecule is C1COC1.CC(CCCC(=O)N1CCCC1)N(C)C.CNC(=O)c1cc2cc(CP(=O)(O)O)ccc2s1.O=CN1CCCC12CC2.c1ccccc1. The van der Waals surface area contributed by atoms with Crippen molar-refractivity contribution in [1.29, 1.82) is 0 Å². The molecular weight excluding hydrogens is 699 g/mol. The third-order valence-corrected chi connectivity index (χ3v) is 11.5. The van der Waals surface area contributed by atoms with Crippen LogP contribution >= 0.6 is 18.9 Å². The molecule has 2 aromatic carbocycles. The number of fused-ring (bicyclic) bond motifs is 1. The normalized spacial score (nSPS) is 17.2. The van der Waals surface area contributed by atoms with Gasteiger partial charge in [0.2, 0.25) is 12.3 Å². The number of carbonyl (C=O) groups excluding carboxylic acids is 3. The van der Waals surface area contributed by atoms with Gasteiger partial charge in [-0.15, -0.1) is 11.3 Å². The van der Waals surface area contributed by atoms with Crippen LogP contribution in [0.15, 0.2) is 60.7 Å². The minimum atomic E-state index is -4.06. The molecule has 0 bridgehead atoms. The van der Waals surface area contributed by atoms with E-state index in [0.717, 1.165) is 68.6 Å². The topological polar surface area (TPSA) is 140 Å². The summed E-state index contributed by atoms with van der Waals surface area (Å²) in [5.41, 5.74) is 0.943. The maximum Gasteiger partial charge on any atom is 0.329 e. The Kier molecular flexibility index (Phi) is 18.5. The van der Waals surface area contributed by atoms with Crippen LogP contribution in [0.1, 0.15) is 86.4 Å². The van der Waals surface area contributed by atoms with E-state index in [-0.39, 0.29) is 12.1 Å². The fourth-order valence-electron chi connectivity index (χ4n) is 5.93. The molecule has 1 spiro atoms. The highest BCUT2D eigenvalue weighted by Crippen LogP contribution is 2.48. The number of carbonyl (C=O) groups is 3. The molecule has 4 fully saturated rings. The van der Waals surface area contributed by atoms with Gasteiger partial charge in [0.05, 0.1) is 11.0 Å². The third-order valence-electron chi connectivity index (χ3n) is 9.62. The van der Waals surface area contributed by atoms with Crippen LogP contribution in [0.25, 0.3) is 10.1 Å². The van der Waals surface area contributed by atoms with Crippen molar-refractivity contribution in [2.75, 3.05) is 54.0 Å². The molecule has 288 valence electrons. The Hall–Kier alpha value is -3.12. The molecular formula is C39H59N4O7PS. The monoisotopic (exact) mass is 758 g/mol. The minimum Gasteiger partial charge on any atom is -0.381 e. The van der Waals surface area contributed by atoms with Gasteiger partial charge in [-0.3, -0.25) is 18.9 Å². The molecule has 13 heteroatoms. The molecule has 11 nitrogen and oxygen atoms in total. The molecule has 3 saturated heterocycles. The van der Waals surface area contributed by atoms with Crippen LogP contribution < -0.4 is 5.32 Å². The summed E-state index contributed by atoms with van der Waals surface area (Å²) in [7, 11) is 1.68. The number of thiophene rings is 1. The van der Waals surface area contributed by atoms with Gasteiger partial charge >= 0.3 is 7.60 Å². The lowest BCUT2D eigenvalue weighted by molar-refractivity contribution is -0.130. The van der Waals surface area contributed by atoms with Crippen molar-refractivity contribution in [2.24, 2.45) is 0 Å². The Morgan fingerprint density at radius 3 is 2.04 bits per heavy atom. The molecule has 0 radical (unpaired) electrons. The predicted molar refractivity (Wildman–Crippen MR) is 210 cm³/mol. The summed E-state index contributed by atoms with van der Waals surface area (Å²) in [5, 5.41) is 3.37. The molecule has 1 saturated carbocycles. The van der Waals surface area contributed by atoms with Gasteiger partial charge < -0.3 is 34.5 Å². The predicted octanol–water partition coefficient (Wildman–Crippen LogP) is 6.53. The van der Waals surface area contributed by atoms with Crippen molar-refractivity contribution in [1.82, 2.24) is 20.0 Å². The molecule has 7 rings (SSSR count). The van der Waals surface area contributed by atoms with Gasteiger partial charge in [-0.05, 0) is 108 Å². The number of benzene rings is 2. The molecule has 1 unspecified atom stereocenters. The quantitative estimate of drug-likeness (QED) is 0.165. The van der Waals surface area contributed by atoms with Crippen molar-refractivity contribution in [3.05, 3.63) is 71.1 Å². The molecule has 52 heavy (non-hydrogen) atoms. The number of ether oxygens (including phenoxy) is 1. The van der Waals surface area contributed by atoms with E-state index in [9.17, 15) is 18.9 Å². The largest absolute Gasteiger partial charge is 0.381 e. The smallest absolute Gasteiger partial charge is 0.329 e. The summed E-state index contributed by atoms with van der Waals surface area (Å²) < 4.78 is 16.6. The van der Waals surface area contributed by atoms with E-state index < -0.39 is 7.60 Å². The Labute approximate surface area is 313 Å². The molecule has 3 N–H and O–H groups in total. The van der Waals surface area contributed by atoms with Crippen LogP contribution in [0.2, 0.25) is 0 Å². The highest BCUT2D eigenvalue weighted by Gasteiger charge is 2.50. The molecule has 1 atom stereocenters. The standard InChI is InChI=1S/C12H24N2O.C11H12NO4PS.C7H11NO.C6H6.C3H6O/c1-11(13(2)3)7-6-8-12(15)14-9-4-5-10-14;1-12-11(13)10-5-8-4-7(6-17(14,15)16)2-3-9(8)18-10;9-6-8-5-1-2-7(8)3-4-7;1-2-4-6-5-3-1;1-2-4-3-1/h11H,4-10H2,1-3H3;2-5H,6H2,1H3,(H,12,13)(H2,14,15,16);6H,1-5H2;1-6H;1-3H2. The summed E-state index contributed by atoms with van der Waals surface area (Å²) in [6, 6.07) is 19.5. The first-order chi connectivity index (χ1) is 24.9. The molecule has 3 amide bonds. The first-order valence-corrected chi connectivity index (χ1v) is 21.0. The van der Waals surface area contributed by atoms with E-state index in [1.54, 1.807) is 31.3 Å². The van der Waals surface area contributed by atoms with Crippen LogP contribution in [0.3, 0.4) is 0 Å². The van der Waals surface area contributed by atoms with Crippen molar-refractivity contribution in [3.8, 4) is 0 Å². The fraction of sp³-hybridized carbons (Fsp3) is 0.564. The Bertz CT molecular complexity index is 1520. The number of hydrogen-bond acceptors (Lipinski definition) is 7. The molecule has 1 aromatic heterocycles. The molecule has 1 aliphatic carbocycles. The zero-order chi connectivity index (χ0) is 38.0. The Balaban J connectivity index is 0.000000190. The number of nitrogens with one attached hydrogen (secondary N) is 1. The van der Waals surface area contributed by atoms with E-state index in [1.165, 1.54) is 56.3 Å². The lowest BCUT2D eigenvalue weighted by Crippen LogP contribution is -2.29. The maximum atomic E-state index is 11.7. The number of hydrogen-bond donors (Lipinski definition) is 3. The Morgan fingerprint density at radius 1 is 0.981 bits per heavy atom. The zero-order valence-electron chi connectivity index (χ0n) is 31.4. The number of amides is 3. The van der Waals surface area contributed by atoms with Crippen LogP contribution in [0, 0.1) is 0 Å². The Morgan fingerprint density at radius 2 is 1.58 bits per heavy atom. The van der Waals surface area contributed by atoms with Crippen LogP contribution in [0.4, 0.5) is 0 Å². The van der Waals surface area contributed by atoms with Gasteiger partial charge in [0, 0.05) is 62.6 Å². The maximum absolute atomic E-state index is 11.7. The van der Waals surface area contributed by atoms with Gasteiger partial charge in [-0.1, -0.05) is 42.5 Å². The summed E-state index contributed by atoms with van der Waals surface area (Å²) in [5.74, 6) is 0.200. The van der Waals surface area contributed by atoms with Crippen molar-refractivity contribution < 1.29 is 33.5 Å². The first-order valence-electron chi connectivity index (χ1n) is 18.4. The minimum absolute atomic E-state index is 0.160. The second-order valence-electron chi connectivity index (χ2n) is 13.9. The van der Waals surface area contributed by atoms with Crippen molar-refractivity contribution in [3.63, 3.8) is 0 Å². The van der Waals surface area contributed by atoms with Gasteiger partial charge in [0.1, 0.15) is 0 Å². The van der Waals surface area contributed by atoms with E-state index in [1.807, 2.05) is 46.2 Å². The van der Waals surface area contributed by atoms with E-state index >= 15 is 0 Å². The summed E-state index contributed by atoms with van der Waals surface area (Å²) in [6.07, 6.45) is 12.3.